The van der Waals surface area contributed by atoms with Crippen LogP contribution in [0.2, 0.25) is 0 Å². The number of hydrogen-bond acceptors (Lipinski definition) is 2. The molecule has 3 heteroatoms. The highest BCUT2D eigenvalue weighted by atomic mass is 16.4. The summed E-state index contributed by atoms with van der Waals surface area (Å²) in [6.45, 7) is 7.80. The lowest BCUT2D eigenvalue weighted by Crippen LogP contribution is -2.60. The van der Waals surface area contributed by atoms with Crippen molar-refractivity contribution in [2.24, 2.45) is 17.3 Å². The van der Waals surface area contributed by atoms with Crippen molar-refractivity contribution in [3.8, 4) is 0 Å². The first kappa shape index (κ1) is 12.9. The summed E-state index contributed by atoms with van der Waals surface area (Å²) < 4.78 is 0. The van der Waals surface area contributed by atoms with E-state index in [-0.39, 0.29) is 0 Å². The lowest BCUT2D eigenvalue weighted by molar-refractivity contribution is -0.139. The van der Waals surface area contributed by atoms with Crippen molar-refractivity contribution in [2.75, 3.05) is 19.6 Å². The van der Waals surface area contributed by atoms with Crippen LogP contribution in [0.4, 0.5) is 0 Å². The van der Waals surface area contributed by atoms with Crippen LogP contribution in [-0.2, 0) is 4.79 Å². The van der Waals surface area contributed by atoms with E-state index in [2.05, 4.69) is 18.7 Å². The van der Waals surface area contributed by atoms with Gasteiger partial charge in [-0.25, -0.2) is 0 Å². The SMILES string of the molecule is CC(C)CC(CC(=O)O)CN1CC2(CCC2)C1. The van der Waals surface area contributed by atoms with Gasteiger partial charge < -0.3 is 10.0 Å². The Morgan fingerprint density at radius 3 is 2.41 bits per heavy atom. The Balaban J connectivity index is 1.75. The zero-order valence-electron chi connectivity index (χ0n) is 11.1. The molecular weight excluding hydrogens is 214 g/mol. The van der Waals surface area contributed by atoms with Crippen molar-refractivity contribution in [2.45, 2.75) is 46.0 Å². The lowest BCUT2D eigenvalue weighted by Gasteiger charge is -2.56. The fraction of sp³-hybridized carbons (Fsp3) is 0.929. The van der Waals surface area contributed by atoms with E-state index in [1.54, 1.807) is 0 Å². The first-order valence-electron chi connectivity index (χ1n) is 6.93. The quantitative estimate of drug-likeness (QED) is 0.774. The molecule has 1 N–H and O–H groups in total. The summed E-state index contributed by atoms with van der Waals surface area (Å²) in [7, 11) is 0. The molecule has 3 nitrogen and oxygen atoms in total. The molecule has 0 aromatic heterocycles. The normalized spacial score (nSPS) is 24.4. The molecule has 1 saturated heterocycles. The van der Waals surface area contributed by atoms with Crippen LogP contribution in [0, 0.1) is 17.3 Å². The maximum absolute atomic E-state index is 10.9. The molecule has 1 saturated carbocycles. The summed E-state index contributed by atoms with van der Waals surface area (Å²) in [5, 5.41) is 8.94. The average molecular weight is 239 g/mol. The Morgan fingerprint density at radius 2 is 2.00 bits per heavy atom. The van der Waals surface area contributed by atoms with Gasteiger partial charge in [-0.3, -0.25) is 4.79 Å². The molecule has 2 aliphatic rings. The molecule has 0 radical (unpaired) electrons. The topological polar surface area (TPSA) is 40.5 Å². The second kappa shape index (κ2) is 4.97. The zero-order chi connectivity index (χ0) is 12.5. The van der Waals surface area contributed by atoms with E-state index in [1.807, 2.05) is 0 Å². The molecule has 0 aromatic rings. The summed E-state index contributed by atoms with van der Waals surface area (Å²) in [6.07, 6.45) is 5.57. The maximum atomic E-state index is 10.9. The number of carbonyl (C=O) groups is 1. The van der Waals surface area contributed by atoms with Crippen LogP contribution >= 0.6 is 0 Å². The molecule has 1 unspecified atom stereocenters. The molecule has 98 valence electrons. The predicted molar refractivity (Wildman–Crippen MR) is 67.9 cm³/mol. The molecule has 1 spiro atoms. The van der Waals surface area contributed by atoms with E-state index in [9.17, 15) is 4.79 Å². The predicted octanol–water partition coefficient (Wildman–Crippen LogP) is 2.61. The minimum atomic E-state index is -0.644. The number of carboxylic acid groups (broad SMARTS) is 1. The Kier molecular flexibility index (Phi) is 3.76. The summed E-state index contributed by atoms with van der Waals surface area (Å²) in [4.78, 5) is 13.3. The highest BCUT2D eigenvalue weighted by Gasteiger charge is 2.47. The lowest BCUT2D eigenvalue weighted by atomic mass is 9.63. The molecule has 1 heterocycles. The van der Waals surface area contributed by atoms with Crippen LogP contribution in [0.5, 0.6) is 0 Å². The monoisotopic (exact) mass is 239 g/mol. The van der Waals surface area contributed by atoms with Gasteiger partial charge in [0.2, 0.25) is 0 Å². The summed E-state index contributed by atoms with van der Waals surface area (Å²) in [6, 6.07) is 0. The van der Waals surface area contributed by atoms with E-state index in [1.165, 1.54) is 32.4 Å². The van der Waals surface area contributed by atoms with Gasteiger partial charge in [-0.15, -0.1) is 0 Å². The highest BCUT2D eigenvalue weighted by Crippen LogP contribution is 2.48. The number of rotatable bonds is 6. The third-order valence-corrected chi connectivity index (χ3v) is 4.32. The minimum Gasteiger partial charge on any atom is -0.481 e. The fourth-order valence-electron chi connectivity index (χ4n) is 3.53. The molecule has 2 rings (SSSR count). The van der Waals surface area contributed by atoms with E-state index >= 15 is 0 Å². The fourth-order valence-corrected chi connectivity index (χ4v) is 3.53. The first-order chi connectivity index (χ1) is 7.99. The molecule has 0 aromatic carbocycles. The highest BCUT2D eigenvalue weighted by molar-refractivity contribution is 5.67. The molecule has 0 amide bonds. The van der Waals surface area contributed by atoms with E-state index in [4.69, 9.17) is 5.11 Å². The van der Waals surface area contributed by atoms with Crippen molar-refractivity contribution in [1.29, 1.82) is 0 Å². The summed E-state index contributed by atoms with van der Waals surface area (Å²) in [5.41, 5.74) is 0.658. The van der Waals surface area contributed by atoms with Crippen LogP contribution in [0.1, 0.15) is 46.0 Å². The molecule has 1 atom stereocenters. The summed E-state index contributed by atoms with van der Waals surface area (Å²) in [5.74, 6) is 0.290. The number of hydrogen-bond donors (Lipinski definition) is 1. The maximum Gasteiger partial charge on any atom is 0.303 e. The number of likely N-dealkylation sites (tertiary alicyclic amines) is 1. The van der Waals surface area contributed by atoms with Crippen molar-refractivity contribution >= 4 is 5.97 Å². The van der Waals surface area contributed by atoms with E-state index in [0.717, 1.165) is 13.0 Å². The van der Waals surface area contributed by atoms with Crippen LogP contribution in [-0.4, -0.2) is 35.6 Å². The first-order valence-corrected chi connectivity index (χ1v) is 6.93. The number of carboxylic acids is 1. The Bertz CT molecular complexity index is 276. The van der Waals surface area contributed by atoms with E-state index in [0.29, 0.717) is 23.7 Å². The van der Waals surface area contributed by atoms with Crippen LogP contribution < -0.4 is 0 Å². The minimum absolute atomic E-state index is 0.335. The van der Waals surface area contributed by atoms with Gasteiger partial charge >= 0.3 is 5.97 Å². The van der Waals surface area contributed by atoms with Crippen molar-refractivity contribution in [3.63, 3.8) is 0 Å². The largest absolute Gasteiger partial charge is 0.481 e. The van der Waals surface area contributed by atoms with Gasteiger partial charge in [-0.2, -0.15) is 0 Å². The third-order valence-electron chi connectivity index (χ3n) is 4.32. The standard InChI is InChI=1S/C14H25NO2/c1-11(2)6-12(7-13(16)17)8-15-9-14(10-15)4-3-5-14/h11-12H,3-10H2,1-2H3,(H,16,17). The molecule has 1 aliphatic heterocycles. The van der Waals surface area contributed by atoms with E-state index < -0.39 is 5.97 Å². The van der Waals surface area contributed by atoms with Gasteiger partial charge in [0.05, 0.1) is 0 Å². The molecule has 17 heavy (non-hydrogen) atoms. The van der Waals surface area contributed by atoms with Crippen molar-refractivity contribution < 1.29 is 9.90 Å². The van der Waals surface area contributed by atoms with Gasteiger partial charge in [-0.05, 0) is 36.5 Å². The number of aliphatic carboxylic acids is 1. The van der Waals surface area contributed by atoms with Crippen LogP contribution in [0.15, 0.2) is 0 Å². The molecule has 2 fully saturated rings. The van der Waals surface area contributed by atoms with Gasteiger partial charge in [0.25, 0.3) is 0 Å². The molecule has 0 bridgehead atoms. The van der Waals surface area contributed by atoms with Gasteiger partial charge in [-0.1, -0.05) is 20.3 Å². The summed E-state index contributed by atoms with van der Waals surface area (Å²) >= 11 is 0. The van der Waals surface area contributed by atoms with Crippen molar-refractivity contribution in [1.82, 2.24) is 4.90 Å². The molecular formula is C14H25NO2. The van der Waals surface area contributed by atoms with Gasteiger partial charge in [0.1, 0.15) is 0 Å². The van der Waals surface area contributed by atoms with Gasteiger partial charge in [0.15, 0.2) is 0 Å². The zero-order valence-corrected chi connectivity index (χ0v) is 11.1. The van der Waals surface area contributed by atoms with Crippen LogP contribution in [0.3, 0.4) is 0 Å². The van der Waals surface area contributed by atoms with Gasteiger partial charge in [0, 0.05) is 26.1 Å². The average Bonchev–Trinajstić information content (AvgIpc) is 2.04. The second-order valence-electron chi connectivity index (χ2n) is 6.62. The smallest absolute Gasteiger partial charge is 0.303 e. The Morgan fingerprint density at radius 1 is 1.35 bits per heavy atom. The second-order valence-corrected chi connectivity index (χ2v) is 6.62. The Hall–Kier alpha value is -0.570. The number of nitrogens with zero attached hydrogens (tertiary/aromatic N) is 1. The molecule has 1 aliphatic carbocycles. The Labute approximate surface area is 104 Å². The van der Waals surface area contributed by atoms with Crippen molar-refractivity contribution in [3.05, 3.63) is 0 Å². The van der Waals surface area contributed by atoms with Crippen LogP contribution in [0.25, 0.3) is 0 Å². The third kappa shape index (κ3) is 3.21.